The molecule has 1 rings (SSSR count). The zero-order valence-electron chi connectivity index (χ0n) is 14.6. The van der Waals surface area contributed by atoms with Crippen molar-refractivity contribution < 1.29 is 0 Å². The van der Waals surface area contributed by atoms with E-state index in [-0.39, 0.29) is 0 Å². The number of guanidine groups is 1. The van der Waals surface area contributed by atoms with Gasteiger partial charge in [0.25, 0.3) is 0 Å². The van der Waals surface area contributed by atoms with Gasteiger partial charge in [-0.3, -0.25) is 4.99 Å². The molecule has 2 unspecified atom stereocenters. The molecule has 21 heavy (non-hydrogen) atoms. The predicted octanol–water partition coefficient (Wildman–Crippen LogP) is 2.99. The third-order valence-electron chi connectivity index (χ3n) is 4.40. The molecule has 0 aromatic heterocycles. The molecule has 0 amide bonds. The van der Waals surface area contributed by atoms with Gasteiger partial charge in [-0.05, 0) is 66.0 Å². The van der Waals surface area contributed by atoms with Crippen molar-refractivity contribution in [3.8, 4) is 0 Å². The maximum Gasteiger partial charge on any atom is 0.191 e. The molecular formula is C17H36N4. The summed E-state index contributed by atoms with van der Waals surface area (Å²) in [5.74, 6) is 0.971. The summed E-state index contributed by atoms with van der Waals surface area (Å²) < 4.78 is 0. The molecule has 2 N–H and O–H groups in total. The van der Waals surface area contributed by atoms with Crippen LogP contribution in [0.5, 0.6) is 0 Å². The van der Waals surface area contributed by atoms with Gasteiger partial charge in [0.15, 0.2) is 5.96 Å². The van der Waals surface area contributed by atoms with E-state index in [1.54, 1.807) is 0 Å². The molecule has 0 bridgehead atoms. The third kappa shape index (κ3) is 7.70. The molecule has 1 saturated heterocycles. The highest BCUT2D eigenvalue weighted by molar-refractivity contribution is 5.79. The minimum atomic E-state index is 0.483. The lowest BCUT2D eigenvalue weighted by atomic mass is 10.0. The number of piperidine rings is 1. The maximum absolute atomic E-state index is 4.68. The van der Waals surface area contributed by atoms with Gasteiger partial charge in [-0.25, -0.2) is 0 Å². The Morgan fingerprint density at radius 1 is 1.29 bits per heavy atom. The largest absolute Gasteiger partial charge is 0.357 e. The van der Waals surface area contributed by atoms with Crippen molar-refractivity contribution in [2.75, 3.05) is 26.2 Å². The average Bonchev–Trinajstić information content (AvgIpc) is 2.48. The zero-order valence-corrected chi connectivity index (χ0v) is 14.6. The van der Waals surface area contributed by atoms with Crippen molar-refractivity contribution in [2.45, 2.75) is 78.3 Å². The first-order chi connectivity index (χ1) is 10.2. The summed E-state index contributed by atoms with van der Waals surface area (Å²) in [5.41, 5.74) is 0. The van der Waals surface area contributed by atoms with Crippen LogP contribution in [-0.2, 0) is 0 Å². The van der Waals surface area contributed by atoms with Gasteiger partial charge in [-0.15, -0.1) is 0 Å². The molecule has 1 heterocycles. The molecule has 0 aromatic carbocycles. The number of rotatable bonds is 8. The van der Waals surface area contributed by atoms with Crippen LogP contribution in [0, 0.1) is 0 Å². The van der Waals surface area contributed by atoms with Gasteiger partial charge in [-0.1, -0.05) is 13.3 Å². The number of unbranched alkanes of at least 4 members (excludes halogenated alkanes) is 1. The van der Waals surface area contributed by atoms with E-state index in [4.69, 9.17) is 0 Å². The molecule has 1 aliphatic heterocycles. The molecule has 4 nitrogen and oxygen atoms in total. The van der Waals surface area contributed by atoms with E-state index in [1.165, 1.54) is 45.2 Å². The van der Waals surface area contributed by atoms with Crippen LogP contribution in [-0.4, -0.2) is 49.1 Å². The fourth-order valence-electron chi connectivity index (χ4n) is 2.76. The van der Waals surface area contributed by atoms with Crippen molar-refractivity contribution in [1.82, 2.24) is 15.5 Å². The molecule has 4 heteroatoms. The number of nitrogens with zero attached hydrogens (tertiary/aromatic N) is 2. The Balaban J connectivity index is 2.20. The molecule has 124 valence electrons. The van der Waals surface area contributed by atoms with Crippen molar-refractivity contribution >= 4 is 5.96 Å². The molecule has 0 radical (unpaired) electrons. The second-order valence-corrected chi connectivity index (χ2v) is 6.30. The quantitative estimate of drug-likeness (QED) is 0.411. The van der Waals surface area contributed by atoms with Crippen LogP contribution >= 0.6 is 0 Å². The highest BCUT2D eigenvalue weighted by atomic mass is 15.2. The van der Waals surface area contributed by atoms with Gasteiger partial charge in [0.2, 0.25) is 0 Å². The van der Waals surface area contributed by atoms with E-state index in [2.05, 4.69) is 48.2 Å². The van der Waals surface area contributed by atoms with Crippen LogP contribution in [0.3, 0.4) is 0 Å². The van der Waals surface area contributed by atoms with Crippen molar-refractivity contribution in [3.05, 3.63) is 0 Å². The zero-order chi connectivity index (χ0) is 15.5. The Morgan fingerprint density at radius 2 is 2.10 bits per heavy atom. The normalized spacial score (nSPS) is 22.1. The minimum absolute atomic E-state index is 0.483. The highest BCUT2D eigenvalue weighted by Gasteiger charge is 2.16. The molecule has 2 atom stereocenters. The van der Waals surface area contributed by atoms with Crippen LogP contribution in [0.2, 0.25) is 0 Å². The lowest BCUT2D eigenvalue weighted by molar-refractivity contribution is 0.158. The van der Waals surface area contributed by atoms with Gasteiger partial charge in [0.05, 0.1) is 0 Å². The number of hydrogen-bond donors (Lipinski definition) is 2. The van der Waals surface area contributed by atoms with Gasteiger partial charge in [-0.2, -0.15) is 0 Å². The molecule has 0 aromatic rings. The van der Waals surface area contributed by atoms with E-state index in [9.17, 15) is 0 Å². The first-order valence-corrected chi connectivity index (χ1v) is 8.96. The van der Waals surface area contributed by atoms with Crippen LogP contribution in [0.4, 0.5) is 0 Å². The van der Waals surface area contributed by atoms with E-state index in [0.29, 0.717) is 6.04 Å². The predicted molar refractivity (Wildman–Crippen MR) is 93.0 cm³/mol. The van der Waals surface area contributed by atoms with E-state index in [0.717, 1.165) is 31.5 Å². The molecule has 1 fully saturated rings. The number of hydrogen-bond acceptors (Lipinski definition) is 2. The van der Waals surface area contributed by atoms with Gasteiger partial charge < -0.3 is 15.5 Å². The molecule has 0 aliphatic carbocycles. The number of likely N-dealkylation sites (tertiary alicyclic amines) is 1. The van der Waals surface area contributed by atoms with Crippen molar-refractivity contribution in [2.24, 2.45) is 4.99 Å². The summed E-state index contributed by atoms with van der Waals surface area (Å²) in [4.78, 5) is 7.33. The maximum atomic E-state index is 4.68. The molecule has 1 aliphatic rings. The number of nitrogens with one attached hydrogen (secondary N) is 2. The van der Waals surface area contributed by atoms with E-state index in [1.807, 2.05) is 0 Å². The summed E-state index contributed by atoms with van der Waals surface area (Å²) >= 11 is 0. The third-order valence-corrected chi connectivity index (χ3v) is 4.40. The lowest BCUT2D eigenvalue weighted by Gasteiger charge is -2.33. The van der Waals surface area contributed by atoms with Crippen LogP contribution in [0.15, 0.2) is 4.99 Å². The molecule has 0 spiro atoms. The molecule has 0 saturated carbocycles. The standard InChI is InChI=1S/C17H36N4/c1-5-15(3)20-17(18-6-2)19-12-8-10-14-21-13-9-7-11-16(21)4/h15-16H,5-14H2,1-4H3,(H2,18,19,20). The van der Waals surface area contributed by atoms with Crippen LogP contribution in [0.1, 0.15) is 66.2 Å². The van der Waals surface area contributed by atoms with Crippen molar-refractivity contribution in [3.63, 3.8) is 0 Å². The Morgan fingerprint density at radius 3 is 2.76 bits per heavy atom. The Bertz CT molecular complexity index is 291. The second-order valence-electron chi connectivity index (χ2n) is 6.30. The fraction of sp³-hybridized carbons (Fsp3) is 0.941. The monoisotopic (exact) mass is 296 g/mol. The Kier molecular flexibility index (Phi) is 9.48. The van der Waals surface area contributed by atoms with Gasteiger partial charge in [0, 0.05) is 25.2 Å². The average molecular weight is 297 g/mol. The smallest absolute Gasteiger partial charge is 0.191 e. The van der Waals surface area contributed by atoms with Crippen molar-refractivity contribution in [1.29, 1.82) is 0 Å². The minimum Gasteiger partial charge on any atom is -0.357 e. The van der Waals surface area contributed by atoms with Crippen LogP contribution in [0.25, 0.3) is 0 Å². The first-order valence-electron chi connectivity index (χ1n) is 8.96. The first kappa shape index (κ1) is 18.3. The number of aliphatic imine (C=N–C) groups is 1. The van der Waals surface area contributed by atoms with E-state index < -0.39 is 0 Å². The summed E-state index contributed by atoms with van der Waals surface area (Å²) in [7, 11) is 0. The SMILES string of the molecule is CCNC(=NCCCCN1CCCCC1C)NC(C)CC. The summed E-state index contributed by atoms with van der Waals surface area (Å²) in [6.45, 7) is 13.3. The van der Waals surface area contributed by atoms with E-state index >= 15 is 0 Å². The topological polar surface area (TPSA) is 39.7 Å². The summed E-state index contributed by atoms with van der Waals surface area (Å²) in [5, 5.41) is 6.77. The fourth-order valence-corrected chi connectivity index (χ4v) is 2.76. The van der Waals surface area contributed by atoms with Crippen LogP contribution < -0.4 is 10.6 Å². The summed E-state index contributed by atoms with van der Waals surface area (Å²) in [6, 6.07) is 1.27. The summed E-state index contributed by atoms with van der Waals surface area (Å²) in [6.07, 6.45) is 7.73. The molecular weight excluding hydrogens is 260 g/mol. The Hall–Kier alpha value is -0.770. The van der Waals surface area contributed by atoms with Gasteiger partial charge in [0.1, 0.15) is 0 Å². The van der Waals surface area contributed by atoms with Gasteiger partial charge >= 0.3 is 0 Å². The lowest BCUT2D eigenvalue weighted by Crippen LogP contribution is -2.42. The highest BCUT2D eigenvalue weighted by Crippen LogP contribution is 2.16. The second kappa shape index (κ2) is 10.9. The Labute approximate surface area is 131 Å².